The first-order valence-corrected chi connectivity index (χ1v) is 13.1. The van der Waals surface area contributed by atoms with Gasteiger partial charge >= 0.3 is 0 Å². The van der Waals surface area contributed by atoms with E-state index in [1.54, 1.807) is 0 Å². The van der Waals surface area contributed by atoms with Gasteiger partial charge in [0.2, 0.25) is 0 Å². The first-order chi connectivity index (χ1) is 17.4. The van der Waals surface area contributed by atoms with E-state index in [-0.39, 0.29) is 37.2 Å². The SMILES string of the molecule is Cc1c(-c2nc3cc(CN4CCN(C)CC4)ccc3[nH]2)cnn1Cc1cc(Cl)ccc1OCC(C)C.Cl.Cl.Cl. The highest BCUT2D eigenvalue weighted by Crippen LogP contribution is 2.28. The van der Waals surface area contributed by atoms with Gasteiger partial charge in [-0.1, -0.05) is 31.5 Å². The van der Waals surface area contributed by atoms with E-state index in [4.69, 9.17) is 21.3 Å². The molecule has 7 nitrogen and oxygen atoms in total. The number of hydrogen-bond acceptors (Lipinski definition) is 5. The lowest BCUT2D eigenvalue weighted by Crippen LogP contribution is -2.43. The van der Waals surface area contributed by atoms with Crippen LogP contribution in [0.2, 0.25) is 5.02 Å². The highest BCUT2D eigenvalue weighted by atomic mass is 35.5. The molecule has 214 valence electrons. The van der Waals surface area contributed by atoms with Crippen molar-refractivity contribution in [3.05, 3.63) is 64.4 Å². The minimum atomic E-state index is 0. The van der Waals surface area contributed by atoms with Gasteiger partial charge in [-0.25, -0.2) is 4.98 Å². The molecule has 2 aromatic carbocycles. The topological polar surface area (TPSA) is 62.2 Å². The van der Waals surface area contributed by atoms with Crippen LogP contribution in [0.4, 0.5) is 0 Å². The molecule has 0 saturated carbocycles. The lowest BCUT2D eigenvalue weighted by Gasteiger charge is -2.32. The van der Waals surface area contributed by atoms with Gasteiger partial charge < -0.3 is 14.6 Å². The fraction of sp³-hybridized carbons (Fsp3) is 0.429. The van der Waals surface area contributed by atoms with E-state index in [1.165, 1.54) is 5.56 Å². The molecule has 0 amide bonds. The van der Waals surface area contributed by atoms with Crippen molar-refractivity contribution >= 4 is 59.9 Å². The van der Waals surface area contributed by atoms with Crippen molar-refractivity contribution in [2.24, 2.45) is 5.92 Å². The largest absolute Gasteiger partial charge is 0.493 e. The Morgan fingerprint density at radius 2 is 1.74 bits per heavy atom. The smallest absolute Gasteiger partial charge is 0.141 e. The van der Waals surface area contributed by atoms with Crippen LogP contribution in [-0.4, -0.2) is 69.4 Å². The third-order valence-electron chi connectivity index (χ3n) is 6.82. The van der Waals surface area contributed by atoms with Gasteiger partial charge in [-0.15, -0.1) is 37.2 Å². The zero-order chi connectivity index (χ0) is 25.2. The van der Waals surface area contributed by atoms with Crippen LogP contribution in [0.25, 0.3) is 22.4 Å². The van der Waals surface area contributed by atoms with Crippen LogP contribution in [0.15, 0.2) is 42.6 Å². The van der Waals surface area contributed by atoms with E-state index in [0.29, 0.717) is 24.1 Å². The molecule has 0 aliphatic carbocycles. The molecule has 1 N–H and O–H groups in total. The third-order valence-corrected chi connectivity index (χ3v) is 7.06. The molecule has 4 aromatic rings. The Balaban J connectivity index is 0.00000178. The maximum absolute atomic E-state index is 6.31. The van der Waals surface area contributed by atoms with Crippen LogP contribution in [-0.2, 0) is 13.1 Å². The summed E-state index contributed by atoms with van der Waals surface area (Å²) in [5.74, 6) is 2.13. The maximum atomic E-state index is 6.31. The number of nitrogens with zero attached hydrogens (tertiary/aromatic N) is 5. The average molecular weight is 616 g/mol. The van der Waals surface area contributed by atoms with Gasteiger partial charge in [-0.3, -0.25) is 9.58 Å². The van der Waals surface area contributed by atoms with Crippen LogP contribution >= 0.6 is 48.8 Å². The molecular formula is C28H38Cl4N6O. The van der Waals surface area contributed by atoms with E-state index in [2.05, 4.69) is 65.9 Å². The number of halogens is 4. The Kier molecular flexibility index (Phi) is 12.4. The molecule has 3 heterocycles. The number of aromatic nitrogens is 4. The monoisotopic (exact) mass is 614 g/mol. The standard InChI is InChI=1S/C28H35ClN6O.3ClH/c1-19(2)18-36-27-8-6-23(29)14-22(27)17-35-20(3)24(15-30-35)28-31-25-7-5-21(13-26(25)32-28)16-34-11-9-33(4)10-12-34;;;/h5-8,13-15,19H,9-12,16-18H2,1-4H3,(H,31,32);3*1H. The number of piperazine rings is 1. The van der Waals surface area contributed by atoms with E-state index >= 15 is 0 Å². The number of hydrogen-bond donors (Lipinski definition) is 1. The normalized spacial score (nSPS) is 14.1. The molecule has 0 spiro atoms. The van der Waals surface area contributed by atoms with Crippen molar-refractivity contribution in [3.8, 4) is 17.1 Å². The Morgan fingerprint density at radius 1 is 1.00 bits per heavy atom. The lowest BCUT2D eigenvalue weighted by atomic mass is 10.1. The third kappa shape index (κ3) is 8.03. The summed E-state index contributed by atoms with van der Waals surface area (Å²) in [4.78, 5) is 13.3. The maximum Gasteiger partial charge on any atom is 0.141 e. The molecule has 5 rings (SSSR count). The number of imidazole rings is 1. The summed E-state index contributed by atoms with van der Waals surface area (Å²) >= 11 is 6.31. The predicted molar refractivity (Wildman–Crippen MR) is 167 cm³/mol. The van der Waals surface area contributed by atoms with Crippen molar-refractivity contribution in [2.75, 3.05) is 39.8 Å². The number of ether oxygens (including phenoxy) is 1. The van der Waals surface area contributed by atoms with E-state index in [1.807, 2.05) is 29.1 Å². The minimum absolute atomic E-state index is 0. The molecule has 2 aromatic heterocycles. The number of H-pyrrole nitrogens is 1. The molecule has 1 fully saturated rings. The van der Waals surface area contributed by atoms with Crippen molar-refractivity contribution in [1.29, 1.82) is 0 Å². The average Bonchev–Trinajstić information content (AvgIpc) is 3.43. The quantitative estimate of drug-likeness (QED) is 0.246. The highest BCUT2D eigenvalue weighted by molar-refractivity contribution is 6.30. The van der Waals surface area contributed by atoms with Crippen molar-refractivity contribution in [1.82, 2.24) is 29.5 Å². The summed E-state index contributed by atoms with van der Waals surface area (Å²) in [5, 5.41) is 5.36. The highest BCUT2D eigenvalue weighted by Gasteiger charge is 2.17. The van der Waals surface area contributed by atoms with Gasteiger partial charge in [0.25, 0.3) is 0 Å². The molecule has 1 aliphatic heterocycles. The first-order valence-electron chi connectivity index (χ1n) is 12.7. The Bertz CT molecular complexity index is 1350. The summed E-state index contributed by atoms with van der Waals surface area (Å²) in [6.07, 6.45) is 1.89. The lowest BCUT2D eigenvalue weighted by molar-refractivity contribution is 0.148. The van der Waals surface area contributed by atoms with Crippen LogP contribution in [0.5, 0.6) is 5.75 Å². The van der Waals surface area contributed by atoms with Crippen molar-refractivity contribution in [3.63, 3.8) is 0 Å². The number of rotatable bonds is 8. The van der Waals surface area contributed by atoms with Gasteiger partial charge in [-0.2, -0.15) is 5.10 Å². The van der Waals surface area contributed by atoms with Gasteiger partial charge in [-0.05, 0) is 55.8 Å². The van der Waals surface area contributed by atoms with Crippen molar-refractivity contribution in [2.45, 2.75) is 33.9 Å². The number of benzene rings is 2. The second-order valence-electron chi connectivity index (χ2n) is 10.3. The van der Waals surface area contributed by atoms with Gasteiger partial charge in [0.15, 0.2) is 0 Å². The predicted octanol–water partition coefficient (Wildman–Crippen LogP) is 6.48. The summed E-state index contributed by atoms with van der Waals surface area (Å²) in [7, 11) is 2.19. The molecule has 0 unspecified atom stereocenters. The van der Waals surface area contributed by atoms with Gasteiger partial charge in [0.05, 0.1) is 35.9 Å². The molecule has 1 saturated heterocycles. The van der Waals surface area contributed by atoms with E-state index in [9.17, 15) is 0 Å². The summed E-state index contributed by atoms with van der Waals surface area (Å²) in [6.45, 7) is 13.0. The van der Waals surface area contributed by atoms with Crippen molar-refractivity contribution < 1.29 is 4.74 Å². The number of likely N-dealkylation sites (N-methyl/N-ethyl adjacent to an activating group) is 1. The number of fused-ring (bicyclic) bond motifs is 1. The van der Waals surface area contributed by atoms with Crippen LogP contribution in [0, 0.1) is 12.8 Å². The zero-order valence-corrected chi connectivity index (χ0v) is 26.0. The number of aromatic amines is 1. The Morgan fingerprint density at radius 3 is 2.46 bits per heavy atom. The van der Waals surface area contributed by atoms with E-state index in [0.717, 1.165) is 72.2 Å². The fourth-order valence-corrected chi connectivity index (χ4v) is 4.80. The van der Waals surface area contributed by atoms with Crippen LogP contribution in [0.3, 0.4) is 0 Å². The summed E-state index contributed by atoms with van der Waals surface area (Å²) in [6, 6.07) is 12.3. The molecule has 0 radical (unpaired) electrons. The summed E-state index contributed by atoms with van der Waals surface area (Å²) < 4.78 is 8.03. The van der Waals surface area contributed by atoms with E-state index < -0.39 is 0 Å². The van der Waals surface area contributed by atoms with Gasteiger partial charge in [0.1, 0.15) is 11.6 Å². The molecule has 0 atom stereocenters. The fourth-order valence-electron chi connectivity index (χ4n) is 4.61. The molecule has 11 heteroatoms. The molecular weight excluding hydrogens is 578 g/mol. The second kappa shape index (κ2) is 14.6. The van der Waals surface area contributed by atoms with Crippen LogP contribution < -0.4 is 4.74 Å². The van der Waals surface area contributed by atoms with Gasteiger partial charge in [0, 0.05) is 49.0 Å². The Hall–Kier alpha value is -2.00. The minimum Gasteiger partial charge on any atom is -0.493 e. The number of nitrogens with one attached hydrogen (secondary N) is 1. The zero-order valence-electron chi connectivity index (χ0n) is 22.8. The first kappa shape index (κ1) is 33.2. The molecule has 0 bridgehead atoms. The molecule has 39 heavy (non-hydrogen) atoms. The second-order valence-corrected chi connectivity index (χ2v) is 10.7. The molecule has 1 aliphatic rings. The van der Waals surface area contributed by atoms with Crippen LogP contribution in [0.1, 0.15) is 30.7 Å². The Labute approximate surface area is 254 Å². The summed E-state index contributed by atoms with van der Waals surface area (Å²) in [5.41, 5.74) is 6.38.